The highest BCUT2D eigenvalue weighted by atomic mass is 16.3. The van der Waals surface area contributed by atoms with Gasteiger partial charge in [0, 0.05) is 13.1 Å². The number of benzene rings is 2. The summed E-state index contributed by atoms with van der Waals surface area (Å²) in [6.45, 7) is 7.25. The van der Waals surface area contributed by atoms with E-state index in [-0.39, 0.29) is 12.5 Å². The molecule has 25 heavy (non-hydrogen) atoms. The van der Waals surface area contributed by atoms with Gasteiger partial charge >= 0.3 is 0 Å². The van der Waals surface area contributed by atoms with Gasteiger partial charge in [-0.05, 0) is 54.5 Å². The minimum absolute atomic E-state index is 0.144. The van der Waals surface area contributed by atoms with Gasteiger partial charge in [0.05, 0.1) is 17.4 Å². The highest BCUT2D eigenvalue weighted by Gasteiger charge is 2.23. The maximum Gasteiger partial charge on any atom is 0.253 e. The normalized spacial score (nSPS) is 17.4. The fourth-order valence-corrected chi connectivity index (χ4v) is 3.50. The SMILES string of the molecule is Cc1cc(C(=O)NCC(O)c2ccccc2C)c2c(c1)C(C)CCN2. The summed E-state index contributed by atoms with van der Waals surface area (Å²) in [5, 5.41) is 16.7. The Balaban J connectivity index is 1.77. The number of hydrogen-bond acceptors (Lipinski definition) is 3. The molecule has 3 rings (SSSR count). The second-order valence-corrected chi connectivity index (χ2v) is 6.98. The van der Waals surface area contributed by atoms with E-state index in [0.29, 0.717) is 11.5 Å². The lowest BCUT2D eigenvalue weighted by atomic mass is 9.89. The minimum Gasteiger partial charge on any atom is -0.387 e. The smallest absolute Gasteiger partial charge is 0.253 e. The third-order valence-electron chi connectivity index (χ3n) is 4.97. The van der Waals surface area contributed by atoms with E-state index < -0.39 is 6.10 Å². The molecule has 1 heterocycles. The lowest BCUT2D eigenvalue weighted by Crippen LogP contribution is -2.30. The van der Waals surface area contributed by atoms with Gasteiger partial charge in [-0.3, -0.25) is 4.79 Å². The number of rotatable bonds is 4. The van der Waals surface area contributed by atoms with E-state index in [9.17, 15) is 9.90 Å². The summed E-state index contributed by atoms with van der Waals surface area (Å²) in [4.78, 5) is 12.7. The Morgan fingerprint density at radius 3 is 2.84 bits per heavy atom. The molecule has 4 nitrogen and oxygen atoms in total. The first kappa shape index (κ1) is 17.5. The van der Waals surface area contributed by atoms with Crippen molar-refractivity contribution in [3.8, 4) is 0 Å². The number of nitrogens with one attached hydrogen (secondary N) is 2. The first-order valence-corrected chi connectivity index (χ1v) is 8.87. The Labute approximate surface area is 149 Å². The minimum atomic E-state index is -0.710. The van der Waals surface area contributed by atoms with Crippen LogP contribution >= 0.6 is 0 Å². The number of carbonyl (C=O) groups excluding carboxylic acids is 1. The van der Waals surface area contributed by atoms with Gasteiger partial charge in [0.2, 0.25) is 0 Å². The number of amides is 1. The number of aliphatic hydroxyl groups is 1. The maximum absolute atomic E-state index is 12.7. The predicted molar refractivity (Wildman–Crippen MR) is 101 cm³/mol. The number of fused-ring (bicyclic) bond motifs is 1. The fraction of sp³-hybridized carbons (Fsp3) is 0.381. The molecule has 132 valence electrons. The van der Waals surface area contributed by atoms with Crippen LogP contribution in [0, 0.1) is 13.8 Å². The number of aryl methyl sites for hydroxylation is 2. The lowest BCUT2D eigenvalue weighted by molar-refractivity contribution is 0.0916. The van der Waals surface area contributed by atoms with Crippen LogP contribution in [0.4, 0.5) is 5.69 Å². The van der Waals surface area contributed by atoms with E-state index in [4.69, 9.17) is 0 Å². The van der Waals surface area contributed by atoms with Crippen molar-refractivity contribution >= 4 is 11.6 Å². The molecule has 0 spiro atoms. The van der Waals surface area contributed by atoms with E-state index >= 15 is 0 Å². The molecule has 0 bridgehead atoms. The molecule has 2 aromatic carbocycles. The van der Waals surface area contributed by atoms with Crippen molar-refractivity contribution in [3.05, 3.63) is 64.2 Å². The molecular formula is C21H26N2O2. The molecule has 2 unspecified atom stereocenters. The Morgan fingerprint density at radius 1 is 1.32 bits per heavy atom. The molecule has 2 aromatic rings. The highest BCUT2D eigenvalue weighted by Crippen LogP contribution is 2.34. The second-order valence-electron chi connectivity index (χ2n) is 6.98. The largest absolute Gasteiger partial charge is 0.387 e. The number of anilines is 1. The summed E-state index contributed by atoms with van der Waals surface area (Å²) >= 11 is 0. The maximum atomic E-state index is 12.7. The molecule has 1 aliphatic heterocycles. The van der Waals surface area contributed by atoms with E-state index in [2.05, 4.69) is 23.6 Å². The summed E-state index contributed by atoms with van der Waals surface area (Å²) in [5.74, 6) is 0.300. The standard InChI is InChI=1S/C21H26N2O2/c1-13-10-17-15(3)8-9-22-20(17)18(11-13)21(25)23-12-19(24)16-7-5-4-6-14(16)2/h4-7,10-11,15,19,22,24H,8-9,12H2,1-3H3,(H,23,25). The summed E-state index contributed by atoms with van der Waals surface area (Å²) in [5.41, 5.74) is 5.76. The number of aliphatic hydroxyl groups excluding tert-OH is 1. The van der Waals surface area contributed by atoms with Gasteiger partial charge in [-0.1, -0.05) is 37.3 Å². The zero-order chi connectivity index (χ0) is 18.0. The summed E-state index contributed by atoms with van der Waals surface area (Å²) in [6, 6.07) is 11.8. The van der Waals surface area contributed by atoms with Crippen LogP contribution in [0.5, 0.6) is 0 Å². The third kappa shape index (κ3) is 3.69. The average molecular weight is 338 g/mol. The van der Waals surface area contributed by atoms with Crippen LogP contribution in [0.25, 0.3) is 0 Å². The number of hydrogen-bond donors (Lipinski definition) is 3. The van der Waals surface area contributed by atoms with Gasteiger partial charge in [-0.25, -0.2) is 0 Å². The van der Waals surface area contributed by atoms with Crippen molar-refractivity contribution in [1.29, 1.82) is 0 Å². The predicted octanol–water partition coefficient (Wildman–Crippen LogP) is 3.69. The van der Waals surface area contributed by atoms with Gasteiger partial charge < -0.3 is 15.7 Å². The summed E-state index contributed by atoms with van der Waals surface area (Å²) < 4.78 is 0. The summed E-state index contributed by atoms with van der Waals surface area (Å²) in [6.07, 6.45) is 0.362. The first-order valence-electron chi connectivity index (χ1n) is 8.87. The van der Waals surface area contributed by atoms with Crippen molar-refractivity contribution in [2.24, 2.45) is 0 Å². The summed E-state index contributed by atoms with van der Waals surface area (Å²) in [7, 11) is 0. The molecule has 0 aliphatic carbocycles. The van der Waals surface area contributed by atoms with Crippen LogP contribution in [0.15, 0.2) is 36.4 Å². The third-order valence-corrected chi connectivity index (χ3v) is 4.97. The Hall–Kier alpha value is -2.33. The molecule has 0 radical (unpaired) electrons. The van der Waals surface area contributed by atoms with E-state index in [0.717, 1.165) is 35.3 Å². The van der Waals surface area contributed by atoms with Crippen molar-refractivity contribution in [1.82, 2.24) is 5.32 Å². The fourth-order valence-electron chi connectivity index (χ4n) is 3.50. The molecule has 0 saturated carbocycles. The number of carbonyl (C=O) groups is 1. The Morgan fingerprint density at radius 2 is 2.08 bits per heavy atom. The van der Waals surface area contributed by atoms with Crippen LogP contribution in [0.2, 0.25) is 0 Å². The van der Waals surface area contributed by atoms with Crippen LogP contribution in [-0.2, 0) is 0 Å². The average Bonchev–Trinajstić information content (AvgIpc) is 2.60. The van der Waals surface area contributed by atoms with E-state index in [1.54, 1.807) is 0 Å². The zero-order valence-corrected chi connectivity index (χ0v) is 15.1. The van der Waals surface area contributed by atoms with Crippen molar-refractivity contribution in [2.75, 3.05) is 18.4 Å². The lowest BCUT2D eigenvalue weighted by Gasteiger charge is -2.26. The monoisotopic (exact) mass is 338 g/mol. The highest BCUT2D eigenvalue weighted by molar-refractivity contribution is 6.00. The van der Waals surface area contributed by atoms with Gasteiger partial charge in [0.25, 0.3) is 5.91 Å². The topological polar surface area (TPSA) is 61.4 Å². The van der Waals surface area contributed by atoms with Crippen molar-refractivity contribution in [3.63, 3.8) is 0 Å². The first-order chi connectivity index (χ1) is 12.0. The van der Waals surface area contributed by atoms with Crippen LogP contribution in [-0.4, -0.2) is 24.1 Å². The van der Waals surface area contributed by atoms with Gasteiger partial charge in [0.15, 0.2) is 0 Å². The Kier molecular flexibility index (Phi) is 5.09. The molecule has 1 amide bonds. The van der Waals surface area contributed by atoms with E-state index in [1.807, 2.05) is 44.2 Å². The molecule has 3 N–H and O–H groups in total. The molecule has 2 atom stereocenters. The molecule has 4 heteroatoms. The molecule has 0 saturated heterocycles. The Bertz CT molecular complexity index is 785. The van der Waals surface area contributed by atoms with Crippen molar-refractivity contribution < 1.29 is 9.90 Å². The second kappa shape index (κ2) is 7.28. The van der Waals surface area contributed by atoms with Crippen LogP contribution in [0.3, 0.4) is 0 Å². The molecule has 0 fully saturated rings. The van der Waals surface area contributed by atoms with Gasteiger partial charge in [-0.15, -0.1) is 0 Å². The van der Waals surface area contributed by atoms with Crippen molar-refractivity contribution in [2.45, 2.75) is 39.2 Å². The molecule has 0 aromatic heterocycles. The van der Waals surface area contributed by atoms with Gasteiger partial charge in [-0.2, -0.15) is 0 Å². The van der Waals surface area contributed by atoms with Gasteiger partial charge in [0.1, 0.15) is 0 Å². The molecule has 1 aliphatic rings. The van der Waals surface area contributed by atoms with Crippen LogP contribution < -0.4 is 10.6 Å². The van der Waals surface area contributed by atoms with Crippen LogP contribution in [0.1, 0.15) is 58.0 Å². The van der Waals surface area contributed by atoms with E-state index in [1.165, 1.54) is 5.56 Å². The molecular weight excluding hydrogens is 312 g/mol. The zero-order valence-electron chi connectivity index (χ0n) is 15.1. The quantitative estimate of drug-likeness (QED) is 0.797.